The summed E-state index contributed by atoms with van der Waals surface area (Å²) in [6.45, 7) is 0.167. The molecule has 136 valence electrons. The van der Waals surface area contributed by atoms with Crippen LogP contribution in [0.3, 0.4) is 0 Å². The van der Waals surface area contributed by atoms with Crippen molar-refractivity contribution in [3.63, 3.8) is 0 Å². The van der Waals surface area contributed by atoms with Crippen LogP contribution in [0, 0.1) is 0 Å². The maximum atomic E-state index is 12.3. The van der Waals surface area contributed by atoms with E-state index < -0.39 is 9.84 Å². The van der Waals surface area contributed by atoms with E-state index in [-0.39, 0.29) is 17.5 Å². The van der Waals surface area contributed by atoms with Gasteiger partial charge >= 0.3 is 5.97 Å². The van der Waals surface area contributed by atoms with Crippen molar-refractivity contribution in [2.45, 2.75) is 4.90 Å². The lowest BCUT2D eigenvalue weighted by atomic mass is 9.96. The number of benzene rings is 2. The highest BCUT2D eigenvalue weighted by atomic mass is 32.2. The van der Waals surface area contributed by atoms with Gasteiger partial charge in [-0.05, 0) is 23.3 Å². The molecule has 27 heavy (non-hydrogen) atoms. The van der Waals surface area contributed by atoms with Crippen molar-refractivity contribution in [2.75, 3.05) is 12.9 Å². The van der Waals surface area contributed by atoms with Crippen molar-refractivity contribution in [3.8, 4) is 11.3 Å². The zero-order valence-corrected chi connectivity index (χ0v) is 16.0. The Morgan fingerprint density at radius 1 is 0.963 bits per heavy atom. The van der Waals surface area contributed by atoms with E-state index in [9.17, 15) is 13.2 Å². The third-order valence-electron chi connectivity index (χ3n) is 4.39. The number of sulfone groups is 1. The summed E-state index contributed by atoms with van der Waals surface area (Å²) in [6.07, 6.45) is 1.17. The summed E-state index contributed by atoms with van der Waals surface area (Å²) in [5.41, 5.74) is 6.44. The van der Waals surface area contributed by atoms with Gasteiger partial charge in [-0.2, -0.15) is 0 Å². The van der Waals surface area contributed by atoms with E-state index in [0.717, 1.165) is 28.0 Å². The van der Waals surface area contributed by atoms with Crippen LogP contribution >= 0.6 is 11.3 Å². The molecule has 0 amide bonds. The number of carbonyl (C=O) groups is 1. The minimum Gasteiger partial charge on any atom is -0.457 e. The number of ether oxygens (including phenoxy) is 1. The molecule has 0 saturated heterocycles. The minimum absolute atomic E-state index is 0.167. The molecule has 1 aromatic heterocycles. The van der Waals surface area contributed by atoms with Crippen LogP contribution in [-0.2, 0) is 19.4 Å². The molecule has 0 aliphatic carbocycles. The molecular formula is C20H15NO4S2. The van der Waals surface area contributed by atoms with Crippen molar-refractivity contribution in [1.29, 1.82) is 0 Å². The Kier molecular flexibility index (Phi) is 4.41. The van der Waals surface area contributed by atoms with Gasteiger partial charge in [-0.15, -0.1) is 11.3 Å². The molecule has 2 aromatic carbocycles. The highest BCUT2D eigenvalue weighted by Gasteiger charge is 2.27. The molecular weight excluding hydrogens is 382 g/mol. The van der Waals surface area contributed by atoms with Crippen molar-refractivity contribution in [1.82, 2.24) is 4.98 Å². The molecule has 0 fully saturated rings. The highest BCUT2D eigenvalue weighted by Crippen LogP contribution is 2.34. The van der Waals surface area contributed by atoms with Crippen LogP contribution in [0.15, 0.2) is 64.3 Å². The van der Waals surface area contributed by atoms with Gasteiger partial charge in [0.1, 0.15) is 6.61 Å². The monoisotopic (exact) mass is 397 g/mol. The van der Waals surface area contributed by atoms with E-state index in [2.05, 4.69) is 4.98 Å². The van der Waals surface area contributed by atoms with E-state index in [1.165, 1.54) is 17.6 Å². The molecule has 5 nitrogen and oxygen atoms in total. The fourth-order valence-corrected chi connectivity index (χ4v) is 4.18. The van der Waals surface area contributed by atoms with Crippen LogP contribution in [-0.4, -0.2) is 32.2 Å². The molecule has 1 aliphatic heterocycles. The lowest BCUT2D eigenvalue weighted by Crippen LogP contribution is -1.98. The Hall–Kier alpha value is -2.77. The number of cyclic esters (lactones) is 1. The van der Waals surface area contributed by atoms with Gasteiger partial charge in [-0.3, -0.25) is 0 Å². The van der Waals surface area contributed by atoms with Crippen molar-refractivity contribution in [3.05, 3.63) is 70.5 Å². The van der Waals surface area contributed by atoms with Gasteiger partial charge in [0.2, 0.25) is 0 Å². The molecule has 0 saturated carbocycles. The van der Waals surface area contributed by atoms with Crippen LogP contribution in [0.5, 0.6) is 0 Å². The van der Waals surface area contributed by atoms with Gasteiger partial charge in [0.15, 0.2) is 9.84 Å². The summed E-state index contributed by atoms with van der Waals surface area (Å²) < 4.78 is 28.5. The predicted octanol–water partition coefficient (Wildman–Crippen LogP) is 3.68. The number of hydrogen-bond donors (Lipinski definition) is 0. The number of hydrogen-bond acceptors (Lipinski definition) is 6. The first-order valence-electron chi connectivity index (χ1n) is 8.13. The molecule has 0 spiro atoms. The molecule has 0 unspecified atom stereocenters. The van der Waals surface area contributed by atoms with Gasteiger partial charge in [-0.25, -0.2) is 18.2 Å². The zero-order chi connectivity index (χ0) is 19.0. The molecule has 1 aliphatic rings. The Labute approximate surface area is 160 Å². The van der Waals surface area contributed by atoms with E-state index in [4.69, 9.17) is 4.74 Å². The van der Waals surface area contributed by atoms with Gasteiger partial charge < -0.3 is 4.74 Å². The number of aromatic nitrogens is 1. The van der Waals surface area contributed by atoms with Crippen molar-refractivity contribution >= 4 is 38.3 Å². The first-order valence-corrected chi connectivity index (χ1v) is 11.0. The molecule has 0 bridgehead atoms. The number of esters is 1. The van der Waals surface area contributed by atoms with Crippen LogP contribution in [0.2, 0.25) is 0 Å². The second-order valence-corrected chi connectivity index (χ2v) is 8.91. The Balaban J connectivity index is 1.74. The molecule has 0 N–H and O–H groups in total. The van der Waals surface area contributed by atoms with Gasteiger partial charge in [0, 0.05) is 22.8 Å². The van der Waals surface area contributed by atoms with Crippen LogP contribution in [0.25, 0.3) is 22.4 Å². The van der Waals surface area contributed by atoms with E-state index in [1.807, 2.05) is 29.6 Å². The molecule has 0 atom stereocenters. The number of carbonyl (C=O) groups excluding carboxylic acids is 1. The maximum absolute atomic E-state index is 12.3. The Morgan fingerprint density at radius 2 is 1.59 bits per heavy atom. The fourth-order valence-electron chi connectivity index (χ4n) is 2.99. The van der Waals surface area contributed by atoms with E-state index in [0.29, 0.717) is 5.57 Å². The summed E-state index contributed by atoms with van der Waals surface area (Å²) in [5, 5.41) is 1.97. The first kappa shape index (κ1) is 17.6. The molecule has 2 heterocycles. The first-order chi connectivity index (χ1) is 12.9. The van der Waals surface area contributed by atoms with Gasteiger partial charge in [0.05, 0.1) is 21.7 Å². The quantitative estimate of drug-likeness (QED) is 0.628. The van der Waals surface area contributed by atoms with Crippen LogP contribution < -0.4 is 0 Å². The average Bonchev–Trinajstić information content (AvgIpc) is 3.31. The largest absolute Gasteiger partial charge is 0.457 e. The Morgan fingerprint density at radius 3 is 2.19 bits per heavy atom. The number of nitrogens with zero attached hydrogens (tertiary/aromatic N) is 1. The van der Waals surface area contributed by atoms with E-state index >= 15 is 0 Å². The minimum atomic E-state index is -3.27. The van der Waals surface area contributed by atoms with Crippen LogP contribution in [0.4, 0.5) is 0 Å². The summed E-state index contributed by atoms with van der Waals surface area (Å²) in [7, 11) is -3.27. The highest BCUT2D eigenvalue weighted by molar-refractivity contribution is 7.90. The average molecular weight is 397 g/mol. The molecule has 3 aromatic rings. The molecule has 7 heteroatoms. The second kappa shape index (κ2) is 6.75. The van der Waals surface area contributed by atoms with Crippen LogP contribution in [0.1, 0.15) is 11.1 Å². The fraction of sp³-hybridized carbons (Fsp3) is 0.100. The van der Waals surface area contributed by atoms with Gasteiger partial charge in [0.25, 0.3) is 0 Å². The topological polar surface area (TPSA) is 73.3 Å². The molecule has 4 rings (SSSR count). The SMILES string of the molecule is CS(=O)(=O)c1ccc(C2=C(c3ccc(-c4cscn4)cc3)C(=O)OC2)cc1. The summed E-state index contributed by atoms with van der Waals surface area (Å²) >= 11 is 1.53. The zero-order valence-electron chi connectivity index (χ0n) is 14.4. The standard InChI is InChI=1S/C20H15NO4S2/c1-27(23,24)16-8-6-13(7-9-16)17-10-25-20(22)19(17)15-4-2-14(3-5-15)18-11-26-12-21-18/h2-9,11-12H,10H2,1H3. The second-order valence-electron chi connectivity index (χ2n) is 6.18. The summed E-state index contributed by atoms with van der Waals surface area (Å²) in [4.78, 5) is 16.8. The predicted molar refractivity (Wildman–Crippen MR) is 105 cm³/mol. The van der Waals surface area contributed by atoms with E-state index in [1.54, 1.807) is 29.8 Å². The third kappa shape index (κ3) is 3.43. The number of thiazole rings is 1. The molecule has 0 radical (unpaired) electrons. The van der Waals surface area contributed by atoms with Crippen molar-refractivity contribution < 1.29 is 17.9 Å². The lowest BCUT2D eigenvalue weighted by Gasteiger charge is -2.06. The summed E-state index contributed by atoms with van der Waals surface area (Å²) in [5.74, 6) is -0.376. The third-order valence-corrected chi connectivity index (χ3v) is 6.10. The Bertz CT molecular complexity index is 1130. The normalized spacial score (nSPS) is 14.5. The summed E-state index contributed by atoms with van der Waals surface area (Å²) in [6, 6.07) is 14.1. The van der Waals surface area contributed by atoms with Gasteiger partial charge in [-0.1, -0.05) is 36.4 Å². The smallest absolute Gasteiger partial charge is 0.339 e. The van der Waals surface area contributed by atoms with Crippen molar-refractivity contribution in [2.24, 2.45) is 0 Å². The maximum Gasteiger partial charge on any atom is 0.339 e. The lowest BCUT2D eigenvalue weighted by molar-refractivity contribution is -0.133. The number of rotatable bonds is 4.